The van der Waals surface area contributed by atoms with Gasteiger partial charge < -0.3 is 9.05 Å². The van der Waals surface area contributed by atoms with E-state index in [2.05, 4.69) is 9.05 Å². The topological polar surface area (TPSA) is 81.7 Å². The van der Waals surface area contributed by atoms with E-state index in [1.807, 2.05) is 0 Å². The predicted octanol–water partition coefficient (Wildman–Crippen LogP) is 2.08. The highest BCUT2D eigenvalue weighted by Crippen LogP contribution is 2.47. The molecule has 0 bridgehead atoms. The van der Waals surface area contributed by atoms with Gasteiger partial charge in [-0.15, -0.1) is 0 Å². The summed E-state index contributed by atoms with van der Waals surface area (Å²) < 4.78 is 17.6. The molecule has 0 fully saturated rings. The molecular weight excluding hydrogens is 291 g/mol. The van der Waals surface area contributed by atoms with E-state index in [0.717, 1.165) is 14.2 Å². The van der Waals surface area contributed by atoms with Crippen LogP contribution < -0.4 is 5.32 Å². The van der Waals surface area contributed by atoms with E-state index in [-0.39, 0.29) is 0 Å². The molecule has 0 aliphatic rings. The summed E-state index contributed by atoms with van der Waals surface area (Å²) in [6.45, 7) is 0. The van der Waals surface area contributed by atoms with E-state index < -0.39 is 22.9 Å². The molecule has 0 saturated heterocycles. The van der Waals surface area contributed by atoms with Crippen molar-refractivity contribution in [2.75, 3.05) is 14.2 Å². The molecule has 0 radical (unpaired) electrons. The number of hydrogen-bond donors (Lipinski definition) is 1. The van der Waals surface area contributed by atoms with Crippen molar-refractivity contribution < 1.29 is 23.2 Å². The Hall–Kier alpha value is 0.160. The van der Waals surface area contributed by atoms with Gasteiger partial charge in [0.15, 0.2) is 0 Å². The van der Waals surface area contributed by atoms with Gasteiger partial charge in [-0.05, 0) is 0 Å². The van der Waals surface area contributed by atoms with Crippen molar-refractivity contribution in [3.63, 3.8) is 0 Å². The van der Waals surface area contributed by atoms with E-state index in [9.17, 15) is 14.2 Å². The molecule has 0 unspecified atom stereocenters. The number of halogens is 3. The molecule has 0 rings (SSSR count). The van der Waals surface area contributed by atoms with Gasteiger partial charge in [0.1, 0.15) is 0 Å². The second-order valence-corrected chi connectivity index (χ2v) is 6.53. The molecule has 0 atom stereocenters. The molecule has 0 spiro atoms. The summed E-state index contributed by atoms with van der Waals surface area (Å²) in [5.41, 5.74) is -1.30. The fourth-order valence-electron chi connectivity index (χ4n) is 0.477. The average molecular weight is 298 g/mol. The minimum atomic E-state index is -4.04. The van der Waals surface area contributed by atoms with Crippen LogP contribution in [0, 0.1) is 0 Å². The van der Waals surface area contributed by atoms with E-state index >= 15 is 0 Å². The van der Waals surface area contributed by atoms with Crippen LogP contribution in [0.4, 0.5) is 4.79 Å². The molecular formula is C5H7Cl3NO5P. The van der Waals surface area contributed by atoms with Gasteiger partial charge in [0.25, 0.3) is 9.70 Å². The first-order valence-corrected chi connectivity index (χ1v) is 5.99. The lowest BCUT2D eigenvalue weighted by atomic mass is 10.7. The van der Waals surface area contributed by atoms with Crippen molar-refractivity contribution in [3.05, 3.63) is 0 Å². The number of imide groups is 1. The minimum Gasteiger partial charge on any atom is -0.305 e. The van der Waals surface area contributed by atoms with Crippen LogP contribution in [0.15, 0.2) is 0 Å². The van der Waals surface area contributed by atoms with Crippen molar-refractivity contribution in [3.8, 4) is 0 Å². The summed E-state index contributed by atoms with van der Waals surface area (Å²) in [5.74, 6) is -1.24. The number of rotatable bonds is 3. The molecule has 0 aromatic carbocycles. The molecule has 0 saturated carbocycles. The van der Waals surface area contributed by atoms with Crippen LogP contribution in [0.2, 0.25) is 0 Å². The normalized spacial score (nSPS) is 12.3. The zero-order valence-corrected chi connectivity index (χ0v) is 10.8. The first-order chi connectivity index (χ1) is 6.67. The van der Waals surface area contributed by atoms with Crippen LogP contribution in [-0.4, -0.2) is 29.6 Å². The molecule has 0 aliphatic heterocycles. The number of amides is 2. The van der Waals surface area contributed by atoms with Crippen molar-refractivity contribution in [1.82, 2.24) is 5.32 Å². The van der Waals surface area contributed by atoms with E-state index in [1.54, 1.807) is 5.32 Å². The lowest BCUT2D eigenvalue weighted by Gasteiger charge is -2.14. The standard InChI is InChI=1S/C5H7Cl3NO5P/c1-13-15(12,14-2)4(11)9-3(10)5(6,7)8/h1-2H3,(H,9,10,11). The molecule has 2 amide bonds. The smallest absolute Gasteiger partial charge is 0.305 e. The van der Waals surface area contributed by atoms with Crippen LogP contribution in [0.3, 0.4) is 0 Å². The number of carbonyl (C=O) groups excluding carboxylic acids is 2. The van der Waals surface area contributed by atoms with Gasteiger partial charge in [-0.3, -0.25) is 14.9 Å². The number of nitrogens with one attached hydrogen (secondary N) is 1. The Morgan fingerprint density at radius 1 is 1.20 bits per heavy atom. The Bertz CT molecular complexity index is 306. The number of alkyl halides is 3. The number of hydrogen-bond acceptors (Lipinski definition) is 5. The molecule has 15 heavy (non-hydrogen) atoms. The molecule has 1 N–H and O–H groups in total. The third kappa shape index (κ3) is 4.26. The van der Waals surface area contributed by atoms with E-state index in [0.29, 0.717) is 0 Å². The van der Waals surface area contributed by atoms with E-state index in [4.69, 9.17) is 34.8 Å². The minimum absolute atomic E-state index is 0.976. The summed E-state index contributed by atoms with van der Waals surface area (Å²) >= 11 is 15.5. The summed E-state index contributed by atoms with van der Waals surface area (Å²) in [5, 5.41) is 1.58. The van der Waals surface area contributed by atoms with Gasteiger partial charge in [-0.2, -0.15) is 0 Å². The second kappa shape index (κ2) is 5.48. The molecule has 0 aromatic heterocycles. The Morgan fingerprint density at radius 3 is 1.87 bits per heavy atom. The molecule has 0 heterocycles. The molecule has 6 nitrogen and oxygen atoms in total. The van der Waals surface area contributed by atoms with Gasteiger partial charge in [0, 0.05) is 14.2 Å². The average Bonchev–Trinajstić information content (AvgIpc) is 2.14. The van der Waals surface area contributed by atoms with Crippen molar-refractivity contribution >= 4 is 54.0 Å². The Kier molecular flexibility index (Phi) is 5.54. The first kappa shape index (κ1) is 15.2. The summed E-state index contributed by atoms with van der Waals surface area (Å²) in [4.78, 5) is 22.2. The summed E-state index contributed by atoms with van der Waals surface area (Å²) in [6, 6.07) is 0. The summed E-state index contributed by atoms with van der Waals surface area (Å²) in [7, 11) is -2.09. The van der Waals surface area contributed by atoms with Crippen LogP contribution in [0.1, 0.15) is 0 Å². The highest BCUT2D eigenvalue weighted by Gasteiger charge is 2.39. The molecule has 88 valence electrons. The monoisotopic (exact) mass is 297 g/mol. The van der Waals surface area contributed by atoms with Crippen LogP contribution in [0.5, 0.6) is 0 Å². The zero-order valence-electron chi connectivity index (χ0n) is 7.62. The lowest BCUT2D eigenvalue weighted by Crippen LogP contribution is -2.38. The maximum Gasteiger partial charge on any atom is 0.418 e. The first-order valence-electron chi connectivity index (χ1n) is 3.31. The molecule has 0 aromatic rings. The Labute approximate surface area is 101 Å². The highest BCUT2D eigenvalue weighted by atomic mass is 35.6. The van der Waals surface area contributed by atoms with Crippen LogP contribution in [0.25, 0.3) is 0 Å². The van der Waals surface area contributed by atoms with Gasteiger partial charge in [-0.1, -0.05) is 34.8 Å². The van der Waals surface area contributed by atoms with Gasteiger partial charge in [0.05, 0.1) is 0 Å². The maximum absolute atomic E-state index is 11.4. The zero-order chi connectivity index (χ0) is 12.3. The van der Waals surface area contributed by atoms with Gasteiger partial charge in [-0.25, -0.2) is 4.57 Å². The fraction of sp³-hybridized carbons (Fsp3) is 0.600. The third-order valence-electron chi connectivity index (χ3n) is 1.21. The highest BCUT2D eigenvalue weighted by molar-refractivity contribution is 7.71. The quantitative estimate of drug-likeness (QED) is 0.637. The lowest BCUT2D eigenvalue weighted by molar-refractivity contribution is -0.119. The molecule has 0 aliphatic carbocycles. The number of carbonyl (C=O) groups is 2. The van der Waals surface area contributed by atoms with Crippen LogP contribution in [-0.2, 0) is 18.4 Å². The van der Waals surface area contributed by atoms with Crippen molar-refractivity contribution in [2.24, 2.45) is 0 Å². The second-order valence-electron chi connectivity index (χ2n) is 2.12. The Morgan fingerprint density at radius 2 is 1.60 bits per heavy atom. The molecule has 10 heteroatoms. The fourth-order valence-corrected chi connectivity index (χ4v) is 1.34. The van der Waals surface area contributed by atoms with E-state index in [1.165, 1.54) is 0 Å². The van der Waals surface area contributed by atoms with Gasteiger partial charge >= 0.3 is 13.2 Å². The SMILES string of the molecule is COP(=O)(OC)C(=O)NC(=O)C(Cl)(Cl)Cl. The predicted molar refractivity (Wildman–Crippen MR) is 55.5 cm³/mol. The summed E-state index contributed by atoms with van der Waals surface area (Å²) in [6.07, 6.45) is 0. The third-order valence-corrected chi connectivity index (χ3v) is 3.29. The van der Waals surface area contributed by atoms with Crippen LogP contribution >= 0.6 is 42.4 Å². The largest absolute Gasteiger partial charge is 0.418 e. The van der Waals surface area contributed by atoms with Gasteiger partial charge in [0.2, 0.25) is 0 Å². The maximum atomic E-state index is 11.4. The van der Waals surface area contributed by atoms with Crippen molar-refractivity contribution in [2.45, 2.75) is 3.79 Å². The Balaban J connectivity index is 4.65. The van der Waals surface area contributed by atoms with Crippen molar-refractivity contribution in [1.29, 1.82) is 0 Å².